The summed E-state index contributed by atoms with van der Waals surface area (Å²) in [4.78, 5) is 40.1. The minimum atomic E-state index is -0.980. The third-order valence-electron chi connectivity index (χ3n) is 7.08. The van der Waals surface area contributed by atoms with Gasteiger partial charge in [-0.25, -0.2) is 8.78 Å². The van der Waals surface area contributed by atoms with E-state index in [9.17, 15) is 28.3 Å². The number of aromatic nitrogens is 1. The summed E-state index contributed by atoms with van der Waals surface area (Å²) in [6.45, 7) is -0.0916. The number of hydrogen-bond donors (Lipinski definition) is 2. The van der Waals surface area contributed by atoms with Crippen molar-refractivity contribution in [3.05, 3.63) is 63.1 Å². The van der Waals surface area contributed by atoms with Crippen LogP contribution in [-0.2, 0) is 17.8 Å². The van der Waals surface area contributed by atoms with Crippen molar-refractivity contribution in [1.29, 1.82) is 0 Å². The lowest BCUT2D eigenvalue weighted by Gasteiger charge is -2.45. The van der Waals surface area contributed by atoms with E-state index in [2.05, 4.69) is 5.32 Å². The number of carbonyl (C=O) groups is 2. The summed E-state index contributed by atoms with van der Waals surface area (Å²) in [6.07, 6.45) is 2.62. The molecule has 2 bridgehead atoms. The van der Waals surface area contributed by atoms with Crippen LogP contribution in [0.25, 0.3) is 0 Å². The molecule has 2 aliphatic heterocycles. The first-order chi connectivity index (χ1) is 15.3. The number of nitrogens with zero attached hydrogens (tertiary/aromatic N) is 2. The SMILES string of the molecule is O=C(NCc1ccc(F)cc1F)c1cn2c(c(O)c1=O)C(=O)N1C(C2)OC2CC1C1CC21. The predicted octanol–water partition coefficient (Wildman–Crippen LogP) is 1.35. The van der Waals surface area contributed by atoms with Crippen molar-refractivity contribution in [2.45, 2.75) is 44.3 Å². The maximum atomic E-state index is 13.8. The highest BCUT2D eigenvalue weighted by Gasteiger charge is 2.63. The number of nitrogens with one attached hydrogen (secondary N) is 1. The average molecular weight is 443 g/mol. The zero-order chi connectivity index (χ0) is 22.3. The molecular formula is C22H19F2N3O5. The van der Waals surface area contributed by atoms with Gasteiger partial charge in [-0.15, -0.1) is 0 Å². The fraction of sp³-hybridized carbons (Fsp3) is 0.409. The van der Waals surface area contributed by atoms with Crippen LogP contribution < -0.4 is 10.7 Å². The lowest BCUT2D eigenvalue weighted by molar-refractivity contribution is -0.144. The average Bonchev–Trinajstić information content (AvgIpc) is 3.50. The number of pyridine rings is 1. The van der Waals surface area contributed by atoms with Crippen LogP contribution >= 0.6 is 0 Å². The van der Waals surface area contributed by atoms with Crippen LogP contribution in [-0.4, -0.2) is 44.8 Å². The molecule has 5 unspecified atom stereocenters. The lowest BCUT2D eigenvalue weighted by atomic mass is 10.0. The zero-order valence-electron chi connectivity index (χ0n) is 16.8. The summed E-state index contributed by atoms with van der Waals surface area (Å²) >= 11 is 0. The van der Waals surface area contributed by atoms with Crippen LogP contribution in [0.5, 0.6) is 5.75 Å². The quantitative estimate of drug-likeness (QED) is 0.746. The molecule has 1 aromatic carbocycles. The molecule has 1 saturated heterocycles. The summed E-state index contributed by atoms with van der Waals surface area (Å²) in [7, 11) is 0. The van der Waals surface area contributed by atoms with Crippen molar-refractivity contribution >= 4 is 11.8 Å². The molecular weight excluding hydrogens is 424 g/mol. The van der Waals surface area contributed by atoms with E-state index in [0.717, 1.165) is 18.9 Å². The summed E-state index contributed by atoms with van der Waals surface area (Å²) in [5.74, 6) is -2.82. The van der Waals surface area contributed by atoms with Gasteiger partial charge in [0.1, 0.15) is 17.2 Å². The largest absolute Gasteiger partial charge is 0.503 e. The Morgan fingerprint density at radius 2 is 2.03 bits per heavy atom. The summed E-state index contributed by atoms with van der Waals surface area (Å²) in [5.41, 5.74) is -1.47. The lowest BCUT2D eigenvalue weighted by Crippen LogP contribution is -2.58. The highest BCUT2D eigenvalue weighted by Crippen LogP contribution is 2.58. The Morgan fingerprint density at radius 1 is 1.22 bits per heavy atom. The van der Waals surface area contributed by atoms with Gasteiger partial charge in [-0.1, -0.05) is 6.07 Å². The second kappa shape index (κ2) is 6.61. The molecule has 2 amide bonds. The molecule has 2 saturated carbocycles. The molecule has 2 N–H and O–H groups in total. The number of aromatic hydroxyl groups is 1. The minimum Gasteiger partial charge on any atom is -0.503 e. The van der Waals surface area contributed by atoms with Gasteiger partial charge in [0, 0.05) is 30.4 Å². The smallest absolute Gasteiger partial charge is 0.276 e. The number of hydrogen-bond acceptors (Lipinski definition) is 5. The summed E-state index contributed by atoms with van der Waals surface area (Å²) < 4.78 is 34.4. The molecule has 32 heavy (non-hydrogen) atoms. The second-order valence-corrected chi connectivity index (χ2v) is 8.85. The molecule has 0 spiro atoms. The third kappa shape index (κ3) is 2.72. The number of halogens is 2. The van der Waals surface area contributed by atoms with Crippen molar-refractivity contribution in [3.63, 3.8) is 0 Å². The zero-order valence-corrected chi connectivity index (χ0v) is 16.8. The minimum absolute atomic E-state index is 0.0394. The van der Waals surface area contributed by atoms with Gasteiger partial charge in [0.15, 0.2) is 17.7 Å². The van der Waals surface area contributed by atoms with Crippen LogP contribution in [0.2, 0.25) is 0 Å². The topological polar surface area (TPSA) is 101 Å². The Labute approximate surface area is 180 Å². The molecule has 3 fully saturated rings. The van der Waals surface area contributed by atoms with Crippen molar-refractivity contribution < 1.29 is 28.2 Å². The summed E-state index contributed by atoms with van der Waals surface area (Å²) in [5, 5.41) is 12.9. The first-order valence-corrected chi connectivity index (χ1v) is 10.5. The van der Waals surface area contributed by atoms with Gasteiger partial charge in [-0.05, 0) is 30.7 Å². The molecule has 1 aromatic heterocycles. The van der Waals surface area contributed by atoms with E-state index in [4.69, 9.17) is 4.74 Å². The molecule has 8 nitrogen and oxygen atoms in total. The first-order valence-electron chi connectivity index (χ1n) is 10.5. The molecule has 2 aliphatic carbocycles. The van der Waals surface area contributed by atoms with Crippen LogP contribution in [0.1, 0.15) is 39.3 Å². The Kier molecular flexibility index (Phi) is 4.01. The first kappa shape index (κ1) is 19.4. The van der Waals surface area contributed by atoms with Gasteiger partial charge in [0.25, 0.3) is 11.8 Å². The van der Waals surface area contributed by atoms with Gasteiger partial charge in [-0.3, -0.25) is 14.4 Å². The molecule has 10 heteroatoms. The molecule has 6 rings (SSSR count). The maximum Gasteiger partial charge on any atom is 0.276 e. The van der Waals surface area contributed by atoms with Crippen molar-refractivity contribution in [3.8, 4) is 5.75 Å². The van der Waals surface area contributed by atoms with Crippen LogP contribution in [0, 0.1) is 23.5 Å². The summed E-state index contributed by atoms with van der Waals surface area (Å²) in [6, 6.07) is 2.99. The van der Waals surface area contributed by atoms with Gasteiger partial charge < -0.3 is 24.6 Å². The van der Waals surface area contributed by atoms with Crippen LogP contribution in [0.4, 0.5) is 8.78 Å². The fourth-order valence-corrected chi connectivity index (χ4v) is 5.47. The van der Waals surface area contributed by atoms with Gasteiger partial charge in [0.05, 0.1) is 12.6 Å². The standard InChI is InChI=1S/C22H19F2N3O5/c23-10-2-1-9(14(24)3-10)6-25-21(30)13-7-26-8-17-27(22(31)18(26)20(29)19(13)28)15-5-16(32-17)12-4-11(12)15/h1-3,7,11-12,15-17,29H,4-6,8H2,(H,25,30). The number of amides is 2. The number of carbonyl (C=O) groups excluding carboxylic acids is 2. The van der Waals surface area contributed by atoms with Gasteiger partial charge in [-0.2, -0.15) is 0 Å². The normalized spacial score (nSPS) is 29.2. The van der Waals surface area contributed by atoms with Gasteiger partial charge >= 0.3 is 0 Å². The number of rotatable bonds is 3. The van der Waals surface area contributed by atoms with Crippen LogP contribution in [0.15, 0.2) is 29.2 Å². The van der Waals surface area contributed by atoms with E-state index in [1.54, 1.807) is 4.90 Å². The Balaban J connectivity index is 1.29. The molecule has 5 atom stereocenters. The second-order valence-electron chi connectivity index (χ2n) is 8.85. The fourth-order valence-electron chi connectivity index (χ4n) is 5.47. The molecule has 4 aliphatic rings. The van der Waals surface area contributed by atoms with E-state index in [-0.39, 0.29) is 42.1 Å². The van der Waals surface area contributed by atoms with E-state index in [1.807, 2.05) is 0 Å². The Bertz CT molecular complexity index is 1240. The molecule has 166 valence electrons. The van der Waals surface area contributed by atoms with Crippen molar-refractivity contribution in [2.75, 3.05) is 0 Å². The van der Waals surface area contributed by atoms with E-state index in [1.165, 1.54) is 16.8 Å². The van der Waals surface area contributed by atoms with E-state index >= 15 is 0 Å². The maximum absolute atomic E-state index is 13.8. The van der Waals surface area contributed by atoms with E-state index < -0.39 is 40.9 Å². The monoisotopic (exact) mass is 443 g/mol. The Hall–Kier alpha value is -3.27. The highest BCUT2D eigenvalue weighted by atomic mass is 19.1. The third-order valence-corrected chi connectivity index (χ3v) is 7.08. The van der Waals surface area contributed by atoms with Gasteiger partial charge in [0.2, 0.25) is 5.43 Å². The van der Waals surface area contributed by atoms with Crippen molar-refractivity contribution in [2.24, 2.45) is 11.8 Å². The molecule has 3 heterocycles. The highest BCUT2D eigenvalue weighted by molar-refractivity contribution is 5.99. The van der Waals surface area contributed by atoms with Crippen LogP contribution in [0.3, 0.4) is 0 Å². The van der Waals surface area contributed by atoms with E-state index in [0.29, 0.717) is 17.9 Å². The molecule has 0 radical (unpaired) electrons. The number of ether oxygens (including phenoxy) is 1. The number of benzene rings is 1. The predicted molar refractivity (Wildman–Crippen MR) is 105 cm³/mol. The van der Waals surface area contributed by atoms with Crippen molar-refractivity contribution in [1.82, 2.24) is 14.8 Å². The Morgan fingerprint density at radius 3 is 2.81 bits per heavy atom. The number of fused-ring (bicyclic) bond motifs is 8. The molecule has 2 aromatic rings.